The number of urea groups is 1. The zero-order valence-electron chi connectivity index (χ0n) is 9.55. The van der Waals surface area contributed by atoms with Gasteiger partial charge in [-0.3, -0.25) is 0 Å². The van der Waals surface area contributed by atoms with E-state index in [1.807, 2.05) is 13.8 Å². The Hall–Kier alpha value is -1.43. The van der Waals surface area contributed by atoms with Crippen molar-refractivity contribution in [2.45, 2.75) is 45.2 Å². The molecule has 0 aromatic rings. The van der Waals surface area contributed by atoms with Crippen molar-refractivity contribution in [3.63, 3.8) is 0 Å². The van der Waals surface area contributed by atoms with E-state index in [0.717, 1.165) is 12.8 Å². The molecule has 0 saturated heterocycles. The van der Waals surface area contributed by atoms with Gasteiger partial charge in [-0.15, -0.1) is 18.9 Å². The molecule has 2 N–H and O–H groups in total. The smallest absolute Gasteiger partial charge is 0.315 e. The molecule has 0 bridgehead atoms. The molecule has 3 nitrogen and oxygen atoms in total. The van der Waals surface area contributed by atoms with Crippen LogP contribution in [0.3, 0.4) is 0 Å². The average molecular weight is 208 g/mol. The fraction of sp³-hybridized carbons (Fsp3) is 0.583. The van der Waals surface area contributed by atoms with Crippen LogP contribution in [0.5, 0.6) is 0 Å². The Kier molecular flexibility index (Phi) is 7.17. The number of amides is 2. The summed E-state index contributed by atoms with van der Waals surface area (Å²) in [6.45, 7) is 7.56. The van der Waals surface area contributed by atoms with Crippen molar-refractivity contribution >= 4 is 6.03 Å². The van der Waals surface area contributed by atoms with Gasteiger partial charge in [-0.1, -0.05) is 13.0 Å². The van der Waals surface area contributed by atoms with Crippen LogP contribution in [-0.2, 0) is 0 Å². The average Bonchev–Trinajstić information content (AvgIpc) is 2.17. The Morgan fingerprint density at radius 1 is 1.60 bits per heavy atom. The zero-order chi connectivity index (χ0) is 11.7. The Balaban J connectivity index is 3.90. The first kappa shape index (κ1) is 13.6. The van der Waals surface area contributed by atoms with Gasteiger partial charge in [0.1, 0.15) is 0 Å². The largest absolute Gasteiger partial charge is 0.335 e. The highest BCUT2D eigenvalue weighted by Crippen LogP contribution is 1.98. The van der Waals surface area contributed by atoms with E-state index >= 15 is 0 Å². The molecule has 0 saturated carbocycles. The van der Waals surface area contributed by atoms with Crippen LogP contribution in [0.25, 0.3) is 0 Å². The lowest BCUT2D eigenvalue weighted by Gasteiger charge is -2.17. The quantitative estimate of drug-likeness (QED) is 0.509. The van der Waals surface area contributed by atoms with Crippen molar-refractivity contribution in [1.82, 2.24) is 10.6 Å². The summed E-state index contributed by atoms with van der Waals surface area (Å²) in [5.41, 5.74) is 0. The maximum atomic E-state index is 11.4. The number of hydrogen-bond donors (Lipinski definition) is 2. The first-order chi connectivity index (χ1) is 7.13. The lowest BCUT2D eigenvalue weighted by Crippen LogP contribution is -2.45. The van der Waals surface area contributed by atoms with E-state index in [9.17, 15) is 4.79 Å². The van der Waals surface area contributed by atoms with Crippen LogP contribution in [0.2, 0.25) is 0 Å². The molecule has 0 aromatic heterocycles. The Morgan fingerprint density at radius 3 is 2.73 bits per heavy atom. The van der Waals surface area contributed by atoms with Gasteiger partial charge < -0.3 is 10.6 Å². The van der Waals surface area contributed by atoms with Crippen molar-refractivity contribution in [2.24, 2.45) is 0 Å². The molecule has 2 atom stereocenters. The van der Waals surface area contributed by atoms with E-state index < -0.39 is 0 Å². The Labute approximate surface area is 92.3 Å². The van der Waals surface area contributed by atoms with Crippen molar-refractivity contribution in [3.05, 3.63) is 12.7 Å². The highest BCUT2D eigenvalue weighted by molar-refractivity contribution is 5.74. The second kappa shape index (κ2) is 7.93. The van der Waals surface area contributed by atoms with Crippen LogP contribution in [0.15, 0.2) is 12.7 Å². The predicted molar refractivity (Wildman–Crippen MR) is 63.5 cm³/mol. The molecule has 0 rings (SSSR count). The van der Waals surface area contributed by atoms with Crippen LogP contribution in [0, 0.1) is 12.3 Å². The second-order valence-corrected chi connectivity index (χ2v) is 3.56. The summed E-state index contributed by atoms with van der Waals surface area (Å²) in [5.74, 6) is 2.51. The minimum Gasteiger partial charge on any atom is -0.335 e. The summed E-state index contributed by atoms with van der Waals surface area (Å²) in [7, 11) is 0. The molecule has 0 radical (unpaired) electrons. The summed E-state index contributed by atoms with van der Waals surface area (Å²) in [5, 5.41) is 5.64. The van der Waals surface area contributed by atoms with Crippen molar-refractivity contribution in [3.8, 4) is 12.3 Å². The third-order valence-electron chi connectivity index (χ3n) is 2.08. The third-order valence-corrected chi connectivity index (χ3v) is 2.08. The molecule has 2 amide bonds. The maximum absolute atomic E-state index is 11.4. The lowest BCUT2D eigenvalue weighted by molar-refractivity contribution is 0.233. The molecule has 84 valence electrons. The monoisotopic (exact) mass is 208 g/mol. The van der Waals surface area contributed by atoms with Crippen LogP contribution in [0.1, 0.15) is 33.1 Å². The van der Waals surface area contributed by atoms with Crippen molar-refractivity contribution < 1.29 is 4.79 Å². The predicted octanol–water partition coefficient (Wildman–Crippen LogP) is 2.05. The number of carbonyl (C=O) groups excluding carboxylic acids is 1. The summed E-state index contributed by atoms with van der Waals surface area (Å²) in [4.78, 5) is 11.4. The number of terminal acetylenes is 1. The van der Waals surface area contributed by atoms with Crippen LogP contribution < -0.4 is 10.6 Å². The van der Waals surface area contributed by atoms with Gasteiger partial charge in [0.25, 0.3) is 0 Å². The van der Waals surface area contributed by atoms with E-state index in [-0.39, 0.29) is 18.1 Å². The number of carbonyl (C=O) groups is 1. The molecule has 0 unspecified atom stereocenters. The molecular weight excluding hydrogens is 188 g/mol. The van der Waals surface area contributed by atoms with Gasteiger partial charge in [0.2, 0.25) is 0 Å². The highest BCUT2D eigenvalue weighted by Gasteiger charge is 2.10. The fourth-order valence-electron chi connectivity index (χ4n) is 1.21. The van der Waals surface area contributed by atoms with Crippen LogP contribution in [-0.4, -0.2) is 18.1 Å². The Morgan fingerprint density at radius 2 is 2.27 bits per heavy atom. The molecule has 0 fully saturated rings. The molecular formula is C12H20N2O. The third kappa shape index (κ3) is 6.62. The molecule has 15 heavy (non-hydrogen) atoms. The second-order valence-electron chi connectivity index (χ2n) is 3.56. The van der Waals surface area contributed by atoms with Crippen molar-refractivity contribution in [2.75, 3.05) is 0 Å². The van der Waals surface area contributed by atoms with Crippen LogP contribution >= 0.6 is 0 Å². The zero-order valence-corrected chi connectivity index (χ0v) is 9.55. The molecule has 0 aromatic carbocycles. The van der Waals surface area contributed by atoms with E-state index in [2.05, 4.69) is 23.1 Å². The molecule has 3 heteroatoms. The molecule has 0 aliphatic rings. The standard InChI is InChI=1S/C12H20N2O/c1-5-8-10(4)13-12(15)14-11(7-3)9-6-2/h1,6,10-11H,2,7-9H2,3-4H3,(H2,13,14,15)/t10-,11+/m1/s1. The van der Waals surface area contributed by atoms with Gasteiger partial charge in [0.15, 0.2) is 0 Å². The molecule has 0 aliphatic carbocycles. The fourth-order valence-corrected chi connectivity index (χ4v) is 1.21. The molecule has 0 aliphatic heterocycles. The van der Waals surface area contributed by atoms with Gasteiger partial charge in [0, 0.05) is 18.5 Å². The maximum Gasteiger partial charge on any atom is 0.315 e. The van der Waals surface area contributed by atoms with Crippen molar-refractivity contribution in [1.29, 1.82) is 0 Å². The van der Waals surface area contributed by atoms with Gasteiger partial charge >= 0.3 is 6.03 Å². The first-order valence-electron chi connectivity index (χ1n) is 5.25. The van der Waals surface area contributed by atoms with Crippen LogP contribution in [0.4, 0.5) is 4.79 Å². The minimum atomic E-state index is -0.161. The topological polar surface area (TPSA) is 41.1 Å². The molecule has 0 spiro atoms. The van der Waals surface area contributed by atoms with E-state index in [1.165, 1.54) is 0 Å². The number of rotatable bonds is 6. The van der Waals surface area contributed by atoms with Gasteiger partial charge in [-0.25, -0.2) is 4.79 Å². The summed E-state index contributed by atoms with van der Waals surface area (Å²) in [6.07, 6.45) is 9.17. The van der Waals surface area contributed by atoms with E-state index in [4.69, 9.17) is 6.42 Å². The van der Waals surface area contributed by atoms with E-state index in [1.54, 1.807) is 6.08 Å². The van der Waals surface area contributed by atoms with E-state index in [0.29, 0.717) is 6.42 Å². The first-order valence-corrected chi connectivity index (χ1v) is 5.25. The lowest BCUT2D eigenvalue weighted by atomic mass is 10.1. The van der Waals surface area contributed by atoms with Gasteiger partial charge in [-0.05, 0) is 19.8 Å². The number of hydrogen-bond acceptors (Lipinski definition) is 1. The Bertz CT molecular complexity index is 242. The van der Waals surface area contributed by atoms with Gasteiger partial charge in [0.05, 0.1) is 0 Å². The summed E-state index contributed by atoms with van der Waals surface area (Å²) in [6, 6.07) is 0.00298. The van der Waals surface area contributed by atoms with Gasteiger partial charge in [-0.2, -0.15) is 0 Å². The summed E-state index contributed by atoms with van der Waals surface area (Å²) >= 11 is 0. The normalized spacial score (nSPS) is 13.4. The number of nitrogens with one attached hydrogen (secondary N) is 2. The molecule has 0 heterocycles. The minimum absolute atomic E-state index is 0.0104. The SMILES string of the molecule is C#CC[C@@H](C)NC(=O)N[C@@H](CC)CC=C. The summed E-state index contributed by atoms with van der Waals surface area (Å²) < 4.78 is 0. The highest BCUT2D eigenvalue weighted by atomic mass is 16.2.